The normalized spacial score (nSPS) is 10.6. The first-order valence-corrected chi connectivity index (χ1v) is 46.2. The minimum atomic E-state index is -0.506. The number of hydrogen-bond donors (Lipinski definition) is 0. The molecule has 0 radical (unpaired) electrons. The first-order valence-electron chi connectivity index (χ1n) is 46.2. The van der Waals surface area contributed by atoms with Crippen molar-refractivity contribution in [2.45, 2.75) is 156 Å². The van der Waals surface area contributed by atoms with E-state index in [0.29, 0.717) is 23.0 Å². The van der Waals surface area contributed by atoms with Gasteiger partial charge in [-0.05, 0) is 303 Å². The zero-order valence-corrected chi connectivity index (χ0v) is 80.1. The summed E-state index contributed by atoms with van der Waals surface area (Å²) in [6, 6.07) is 128. The van der Waals surface area contributed by atoms with Gasteiger partial charge < -0.3 is 0 Å². The van der Waals surface area contributed by atoms with E-state index in [0.717, 1.165) is 56.7 Å². The molecule has 0 saturated heterocycles. The molecule has 131 heavy (non-hydrogen) atoms. The summed E-state index contributed by atoms with van der Waals surface area (Å²) in [5.41, 5.74) is 36.5. The van der Waals surface area contributed by atoms with Crippen molar-refractivity contribution in [2.24, 2.45) is 17.8 Å². The van der Waals surface area contributed by atoms with Crippen LogP contribution in [0.25, 0.3) is 100 Å². The molecule has 2 aromatic heterocycles. The summed E-state index contributed by atoms with van der Waals surface area (Å²) >= 11 is 0. The summed E-state index contributed by atoms with van der Waals surface area (Å²) in [7, 11) is 0. The number of benzene rings is 15. The largest absolute Gasteiger partial charge is 0.264 e. The van der Waals surface area contributed by atoms with Crippen molar-refractivity contribution >= 4 is 0 Å². The average molecular weight is 1730 g/mol. The molecule has 17 rings (SSSR count). The molecule has 0 unspecified atom stereocenters. The number of pyridine rings is 2. The standard InChI is InChI=1S/C25H20.C19H15F.C19H24.C17H14N2.C13H10F2.3C11H16/c1-19-24(21-13-7-3-8-14-21)17-23(20-11-5-2-6-12-20)18-25(19)22-15-9-4-10-16-22;1-14-18(16-10-6-3-7-11-16)12-17(13-19(14)20)15-8-4-2-5-9-15;1-13(2)18-11-17(16-9-7-6-8-10-16)12-19(14(3)4)15(18)5;1-13-8-16(14-4-2-6-18-11-14)10-17(9-13)15-5-3-7-19-12-15;1-9-12(14)7-11(8-13(9)15)10-5-3-2-4-6-10;1-9(2)8-11-6-4-10(3)5-7-11;1-9(2)7-11-6-4-5-10(3)8-11;1-9(2)8-11-7-5-4-6-10(11)3/h2-18H,1H3;2-13H,1H3;6-14H,1-5H3;2-12H,1H3;2-8H,1H3;4-7,9H,8H2,1-3H3;4-6,8-9H,7H2,1-3H3;4-7,9H,8H2,1-3H3. The van der Waals surface area contributed by atoms with E-state index < -0.39 is 11.6 Å². The van der Waals surface area contributed by atoms with Crippen molar-refractivity contribution in [3.8, 4) is 100 Å². The van der Waals surface area contributed by atoms with Gasteiger partial charge in [-0.25, -0.2) is 13.2 Å². The van der Waals surface area contributed by atoms with Gasteiger partial charge in [0.15, 0.2) is 0 Å². The molecule has 0 bridgehead atoms. The first-order chi connectivity index (χ1) is 63.2. The van der Waals surface area contributed by atoms with Crippen molar-refractivity contribution in [2.75, 3.05) is 0 Å². The fourth-order valence-electron chi connectivity index (χ4n) is 15.9. The maximum Gasteiger partial charge on any atom is 0.129 e. The molecule has 666 valence electrons. The van der Waals surface area contributed by atoms with Crippen molar-refractivity contribution < 1.29 is 13.2 Å². The van der Waals surface area contributed by atoms with Crippen molar-refractivity contribution in [3.63, 3.8) is 0 Å². The van der Waals surface area contributed by atoms with E-state index in [-0.39, 0.29) is 11.4 Å². The molecule has 17 aromatic rings. The number of halogens is 3. The summed E-state index contributed by atoms with van der Waals surface area (Å²) in [6.45, 7) is 38.9. The molecule has 0 saturated carbocycles. The van der Waals surface area contributed by atoms with Gasteiger partial charge in [0.05, 0.1) is 0 Å². The van der Waals surface area contributed by atoms with Crippen LogP contribution in [-0.4, -0.2) is 9.97 Å². The number of nitrogens with zero attached hydrogens (tertiary/aromatic N) is 2. The summed E-state index contributed by atoms with van der Waals surface area (Å²) in [5, 5.41) is 0. The summed E-state index contributed by atoms with van der Waals surface area (Å²) in [6.07, 6.45) is 11.0. The van der Waals surface area contributed by atoms with E-state index in [1.807, 2.05) is 122 Å². The Balaban J connectivity index is 0.000000158. The Morgan fingerprint density at radius 2 is 0.534 bits per heavy atom. The molecule has 0 aliphatic rings. The molecule has 5 heteroatoms. The Bertz CT molecular complexity index is 6100. The third-order valence-corrected chi connectivity index (χ3v) is 22.9. The van der Waals surface area contributed by atoms with Gasteiger partial charge in [-0.15, -0.1) is 0 Å². The Labute approximate surface area is 782 Å². The minimum absolute atomic E-state index is 0.0645. The zero-order chi connectivity index (χ0) is 93.7. The second-order valence-corrected chi connectivity index (χ2v) is 35.8. The van der Waals surface area contributed by atoms with Crippen LogP contribution in [0, 0.1) is 90.6 Å². The topological polar surface area (TPSA) is 25.8 Å². The van der Waals surface area contributed by atoms with Gasteiger partial charge in [-0.1, -0.05) is 402 Å². The second-order valence-electron chi connectivity index (χ2n) is 35.8. The maximum atomic E-state index is 14.2. The van der Waals surface area contributed by atoms with Gasteiger partial charge >= 0.3 is 0 Å². The molecule has 2 nitrogen and oxygen atoms in total. The minimum Gasteiger partial charge on any atom is -0.264 e. The molecular weight excluding hydrogens is 1600 g/mol. The van der Waals surface area contributed by atoms with E-state index in [1.54, 1.807) is 18.5 Å². The molecule has 0 spiro atoms. The highest BCUT2D eigenvalue weighted by Crippen LogP contribution is 2.39. The molecular formula is C126H131F3N2. The highest BCUT2D eigenvalue weighted by atomic mass is 19.1. The predicted octanol–water partition coefficient (Wildman–Crippen LogP) is 36.0. The van der Waals surface area contributed by atoms with Crippen molar-refractivity contribution in [1.29, 1.82) is 0 Å². The molecule has 0 atom stereocenters. The van der Waals surface area contributed by atoms with Crippen LogP contribution >= 0.6 is 0 Å². The summed E-state index contributed by atoms with van der Waals surface area (Å²) < 4.78 is 40.8. The Morgan fingerprint density at radius 3 is 0.893 bits per heavy atom. The van der Waals surface area contributed by atoms with Gasteiger partial charge in [0.25, 0.3) is 0 Å². The van der Waals surface area contributed by atoms with Crippen LogP contribution in [0.4, 0.5) is 13.2 Å². The SMILES string of the molecule is Cc1c(-c2ccccc2)cc(-c2ccccc2)cc1-c1ccccc1.Cc1c(C(C)C)cc(-c2ccccc2)cc1C(C)C.Cc1c(F)cc(-c2ccccc2)cc1-c1ccccc1.Cc1c(F)cc(-c2ccccc2)cc1F.Cc1cc(-c2cccnc2)cc(-c2cccnc2)c1.Cc1ccc(CC(C)C)cc1.Cc1cccc(CC(C)C)c1.Cc1ccccc1CC(C)C. The second kappa shape index (κ2) is 51.0. The third kappa shape index (κ3) is 31.1. The maximum absolute atomic E-state index is 14.2. The summed E-state index contributed by atoms with van der Waals surface area (Å²) in [5.74, 6) is 2.25. The van der Waals surface area contributed by atoms with Crippen LogP contribution in [0.1, 0.15) is 153 Å². The van der Waals surface area contributed by atoms with Crippen LogP contribution < -0.4 is 0 Å². The molecule has 0 N–H and O–H groups in total. The van der Waals surface area contributed by atoms with Crippen LogP contribution in [0.5, 0.6) is 0 Å². The van der Waals surface area contributed by atoms with E-state index >= 15 is 0 Å². The smallest absolute Gasteiger partial charge is 0.129 e. The van der Waals surface area contributed by atoms with Crippen molar-refractivity contribution in [3.05, 3.63) is 491 Å². The van der Waals surface area contributed by atoms with Gasteiger partial charge in [0.1, 0.15) is 17.5 Å². The molecule has 0 aliphatic carbocycles. The monoisotopic (exact) mass is 1730 g/mol. The Kier molecular flexibility index (Phi) is 38.7. The lowest BCUT2D eigenvalue weighted by Crippen LogP contribution is -2.00. The van der Waals surface area contributed by atoms with Gasteiger partial charge in [0, 0.05) is 41.5 Å². The molecule has 2 heterocycles. The fourth-order valence-corrected chi connectivity index (χ4v) is 15.9. The molecule has 15 aromatic carbocycles. The highest BCUT2D eigenvalue weighted by Gasteiger charge is 2.17. The number of rotatable bonds is 17. The van der Waals surface area contributed by atoms with Crippen molar-refractivity contribution in [1.82, 2.24) is 9.97 Å². The highest BCUT2D eigenvalue weighted by molar-refractivity contribution is 5.85. The van der Waals surface area contributed by atoms with Crippen LogP contribution in [0.2, 0.25) is 0 Å². The average Bonchev–Trinajstić information content (AvgIpc) is 0.788. The quantitative estimate of drug-likeness (QED) is 0.0908. The lowest BCUT2D eigenvalue weighted by atomic mass is 9.86. The van der Waals surface area contributed by atoms with Gasteiger partial charge in [-0.3, -0.25) is 9.97 Å². The first kappa shape index (κ1) is 99.5. The van der Waals surface area contributed by atoms with Gasteiger partial charge in [0.2, 0.25) is 0 Å². The van der Waals surface area contributed by atoms with Crippen LogP contribution in [0.15, 0.2) is 401 Å². The number of aryl methyl sites for hydroxylation is 4. The van der Waals surface area contributed by atoms with Gasteiger partial charge in [-0.2, -0.15) is 0 Å². The zero-order valence-electron chi connectivity index (χ0n) is 80.1. The number of hydrogen-bond acceptors (Lipinski definition) is 2. The van der Waals surface area contributed by atoms with E-state index in [2.05, 4.69) is 376 Å². The van der Waals surface area contributed by atoms with E-state index in [4.69, 9.17) is 0 Å². The molecule has 0 fully saturated rings. The Hall–Kier alpha value is -13.6. The van der Waals surface area contributed by atoms with Crippen LogP contribution in [-0.2, 0) is 19.3 Å². The third-order valence-electron chi connectivity index (χ3n) is 22.9. The lowest BCUT2D eigenvalue weighted by Gasteiger charge is -2.19. The molecule has 0 aliphatic heterocycles. The predicted molar refractivity (Wildman–Crippen MR) is 558 cm³/mol. The van der Waals surface area contributed by atoms with Crippen LogP contribution in [0.3, 0.4) is 0 Å². The summed E-state index contributed by atoms with van der Waals surface area (Å²) in [4.78, 5) is 8.36. The van der Waals surface area contributed by atoms with E-state index in [1.165, 1.54) is 155 Å². The Morgan fingerprint density at radius 1 is 0.214 bits per heavy atom. The fraction of sp³-hybridized carbons (Fsp3) is 0.206. The number of aromatic nitrogens is 2. The lowest BCUT2D eigenvalue weighted by molar-refractivity contribution is 0.569. The molecule has 0 amide bonds. The van der Waals surface area contributed by atoms with E-state index in [9.17, 15) is 13.2 Å².